The first-order valence-electron chi connectivity index (χ1n) is 4.41. The summed E-state index contributed by atoms with van der Waals surface area (Å²) in [6.45, 7) is 2.58. The molecule has 1 aromatic rings. The Morgan fingerprint density at radius 3 is 2.62 bits per heavy atom. The molecule has 4 heteroatoms. The molecule has 0 unspecified atom stereocenters. The molecule has 1 rings (SSSR count). The molecular weight excluding hydrogens is 164 g/mol. The molecule has 1 aromatic heterocycles. The van der Waals surface area contributed by atoms with E-state index in [1.165, 1.54) is 0 Å². The average molecular weight is 180 g/mol. The summed E-state index contributed by atoms with van der Waals surface area (Å²) in [5.41, 5.74) is 7.64. The minimum Gasteiger partial charge on any atom is -0.347 e. The molecule has 2 N–H and O–H groups in total. The molecule has 0 amide bonds. The van der Waals surface area contributed by atoms with Crippen molar-refractivity contribution in [1.82, 2.24) is 9.97 Å². The van der Waals surface area contributed by atoms with Crippen LogP contribution < -0.4 is 10.6 Å². The Morgan fingerprint density at radius 1 is 1.46 bits per heavy atom. The fraction of sp³-hybridized carbons (Fsp3) is 0.556. The highest BCUT2D eigenvalue weighted by Gasteiger charge is 2.04. The van der Waals surface area contributed by atoms with Gasteiger partial charge in [-0.05, 0) is 6.42 Å². The highest BCUT2D eigenvalue weighted by Crippen LogP contribution is 2.09. The van der Waals surface area contributed by atoms with Crippen molar-refractivity contribution >= 4 is 5.95 Å². The second-order valence-electron chi connectivity index (χ2n) is 3.09. The molecule has 0 saturated carbocycles. The van der Waals surface area contributed by atoms with Crippen LogP contribution in [0.15, 0.2) is 6.20 Å². The maximum Gasteiger partial charge on any atom is 0.225 e. The molecule has 0 spiro atoms. The van der Waals surface area contributed by atoms with Crippen LogP contribution in [-0.2, 0) is 13.0 Å². The van der Waals surface area contributed by atoms with Gasteiger partial charge in [0, 0.05) is 32.4 Å². The number of nitrogens with two attached hydrogens (primary N) is 1. The van der Waals surface area contributed by atoms with Crippen LogP contribution in [0.4, 0.5) is 5.95 Å². The average Bonchev–Trinajstić information content (AvgIpc) is 2.16. The van der Waals surface area contributed by atoms with Gasteiger partial charge in [-0.1, -0.05) is 6.92 Å². The molecule has 0 atom stereocenters. The SMILES string of the molecule is CCc1nc(N(C)C)ncc1CN. The molecule has 0 bridgehead atoms. The van der Waals surface area contributed by atoms with Gasteiger partial charge in [0.2, 0.25) is 5.95 Å². The zero-order valence-corrected chi connectivity index (χ0v) is 8.41. The Balaban J connectivity index is 3.05. The zero-order chi connectivity index (χ0) is 9.84. The number of hydrogen-bond donors (Lipinski definition) is 1. The highest BCUT2D eigenvalue weighted by molar-refractivity contribution is 5.31. The number of rotatable bonds is 3. The van der Waals surface area contributed by atoms with E-state index in [9.17, 15) is 0 Å². The monoisotopic (exact) mass is 180 g/mol. The third-order valence-corrected chi connectivity index (χ3v) is 1.90. The number of hydrogen-bond acceptors (Lipinski definition) is 4. The van der Waals surface area contributed by atoms with Gasteiger partial charge in [-0.3, -0.25) is 0 Å². The molecule has 0 saturated heterocycles. The zero-order valence-electron chi connectivity index (χ0n) is 8.41. The topological polar surface area (TPSA) is 55.0 Å². The fourth-order valence-corrected chi connectivity index (χ4v) is 1.12. The molecule has 13 heavy (non-hydrogen) atoms. The first kappa shape index (κ1) is 9.92. The molecule has 0 radical (unpaired) electrons. The largest absolute Gasteiger partial charge is 0.347 e. The number of nitrogens with zero attached hydrogens (tertiary/aromatic N) is 3. The van der Waals surface area contributed by atoms with E-state index in [2.05, 4.69) is 16.9 Å². The lowest BCUT2D eigenvalue weighted by atomic mass is 10.2. The summed E-state index contributed by atoms with van der Waals surface area (Å²) in [6.07, 6.45) is 2.71. The van der Waals surface area contributed by atoms with Gasteiger partial charge in [-0.2, -0.15) is 0 Å². The molecule has 0 aliphatic rings. The van der Waals surface area contributed by atoms with Crippen molar-refractivity contribution < 1.29 is 0 Å². The quantitative estimate of drug-likeness (QED) is 0.738. The van der Waals surface area contributed by atoms with Gasteiger partial charge in [0.05, 0.1) is 5.69 Å². The standard InChI is InChI=1S/C9H16N4/c1-4-8-7(5-10)6-11-9(12-8)13(2)3/h6H,4-5,10H2,1-3H3. The Labute approximate surface area is 78.8 Å². The lowest BCUT2D eigenvalue weighted by Crippen LogP contribution is -2.15. The third-order valence-electron chi connectivity index (χ3n) is 1.90. The van der Waals surface area contributed by atoms with E-state index in [0.717, 1.165) is 23.6 Å². The number of aromatic nitrogens is 2. The summed E-state index contributed by atoms with van der Waals surface area (Å²) >= 11 is 0. The molecule has 4 nitrogen and oxygen atoms in total. The van der Waals surface area contributed by atoms with E-state index in [1.54, 1.807) is 6.20 Å². The van der Waals surface area contributed by atoms with Gasteiger partial charge in [0.25, 0.3) is 0 Å². The van der Waals surface area contributed by atoms with Crippen LogP contribution in [-0.4, -0.2) is 24.1 Å². The third kappa shape index (κ3) is 2.15. The predicted octanol–water partition coefficient (Wildman–Crippen LogP) is 0.564. The summed E-state index contributed by atoms with van der Waals surface area (Å²) in [7, 11) is 3.85. The first-order valence-corrected chi connectivity index (χ1v) is 4.41. The lowest BCUT2D eigenvalue weighted by molar-refractivity contribution is 0.887. The van der Waals surface area contributed by atoms with E-state index >= 15 is 0 Å². The number of aryl methyl sites for hydroxylation is 1. The molecule has 0 fully saturated rings. The van der Waals surface area contributed by atoms with Gasteiger partial charge in [0.1, 0.15) is 0 Å². The molecule has 72 valence electrons. The minimum absolute atomic E-state index is 0.511. The van der Waals surface area contributed by atoms with E-state index in [0.29, 0.717) is 6.54 Å². The maximum absolute atomic E-state index is 5.56. The van der Waals surface area contributed by atoms with Crippen molar-refractivity contribution in [1.29, 1.82) is 0 Å². The Morgan fingerprint density at radius 2 is 2.15 bits per heavy atom. The normalized spacial score (nSPS) is 10.2. The summed E-state index contributed by atoms with van der Waals surface area (Å²) in [4.78, 5) is 10.5. The lowest BCUT2D eigenvalue weighted by Gasteiger charge is -2.12. The van der Waals surface area contributed by atoms with Crippen molar-refractivity contribution in [3.63, 3.8) is 0 Å². The molecule has 0 aromatic carbocycles. The smallest absolute Gasteiger partial charge is 0.225 e. The summed E-state index contributed by atoms with van der Waals surface area (Å²) in [6, 6.07) is 0. The van der Waals surface area contributed by atoms with E-state index in [-0.39, 0.29) is 0 Å². The Kier molecular flexibility index (Phi) is 3.19. The van der Waals surface area contributed by atoms with Crippen molar-refractivity contribution in [3.8, 4) is 0 Å². The summed E-state index contributed by atoms with van der Waals surface area (Å²) < 4.78 is 0. The van der Waals surface area contributed by atoms with Gasteiger partial charge < -0.3 is 10.6 Å². The van der Waals surface area contributed by atoms with Crippen LogP contribution in [0.3, 0.4) is 0 Å². The maximum atomic E-state index is 5.56. The second-order valence-corrected chi connectivity index (χ2v) is 3.09. The molecule has 0 aliphatic heterocycles. The van der Waals surface area contributed by atoms with Crippen molar-refractivity contribution in [3.05, 3.63) is 17.5 Å². The Hall–Kier alpha value is -1.16. The van der Waals surface area contributed by atoms with Gasteiger partial charge in [-0.25, -0.2) is 9.97 Å². The molecule has 0 aliphatic carbocycles. The predicted molar refractivity (Wildman–Crippen MR) is 53.6 cm³/mol. The minimum atomic E-state index is 0.511. The van der Waals surface area contributed by atoms with Crippen molar-refractivity contribution in [2.45, 2.75) is 19.9 Å². The van der Waals surface area contributed by atoms with E-state index in [4.69, 9.17) is 5.73 Å². The van der Waals surface area contributed by atoms with Crippen LogP contribution in [0.5, 0.6) is 0 Å². The molecular formula is C9H16N4. The van der Waals surface area contributed by atoms with Gasteiger partial charge in [-0.15, -0.1) is 0 Å². The van der Waals surface area contributed by atoms with Crippen molar-refractivity contribution in [2.24, 2.45) is 5.73 Å². The van der Waals surface area contributed by atoms with Crippen LogP contribution in [0.1, 0.15) is 18.2 Å². The molecule has 1 heterocycles. The van der Waals surface area contributed by atoms with E-state index in [1.807, 2.05) is 19.0 Å². The van der Waals surface area contributed by atoms with Crippen molar-refractivity contribution in [2.75, 3.05) is 19.0 Å². The van der Waals surface area contributed by atoms with Crippen LogP contribution >= 0.6 is 0 Å². The summed E-state index contributed by atoms with van der Waals surface area (Å²) in [5.74, 6) is 0.744. The number of anilines is 1. The van der Waals surface area contributed by atoms with Crippen LogP contribution in [0.25, 0.3) is 0 Å². The second kappa shape index (κ2) is 4.18. The summed E-state index contributed by atoms with van der Waals surface area (Å²) in [5, 5.41) is 0. The van der Waals surface area contributed by atoms with Crippen LogP contribution in [0, 0.1) is 0 Å². The van der Waals surface area contributed by atoms with Crippen LogP contribution in [0.2, 0.25) is 0 Å². The fourth-order valence-electron chi connectivity index (χ4n) is 1.12. The van der Waals surface area contributed by atoms with Gasteiger partial charge >= 0.3 is 0 Å². The van der Waals surface area contributed by atoms with E-state index < -0.39 is 0 Å². The first-order chi connectivity index (χ1) is 6.19. The Bertz CT molecular complexity index is 283. The highest BCUT2D eigenvalue weighted by atomic mass is 15.2. The van der Waals surface area contributed by atoms with Gasteiger partial charge in [0.15, 0.2) is 0 Å².